The van der Waals surface area contributed by atoms with Crippen LogP contribution < -0.4 is 4.72 Å². The van der Waals surface area contributed by atoms with E-state index in [0.29, 0.717) is 12.1 Å². The second-order valence-corrected chi connectivity index (χ2v) is 5.56. The van der Waals surface area contributed by atoms with Crippen LogP contribution in [0.2, 0.25) is 0 Å². The number of hydrogen-bond donors (Lipinski definition) is 2. The molecule has 0 aliphatic rings. The molecule has 0 bridgehead atoms. The van der Waals surface area contributed by atoms with E-state index in [1.165, 1.54) is 0 Å². The topological polar surface area (TPSA) is 74.8 Å². The third-order valence-electron chi connectivity index (χ3n) is 2.17. The fraction of sp³-hybridized carbons (Fsp3) is 0.182. The van der Waals surface area contributed by atoms with Gasteiger partial charge in [-0.15, -0.1) is 0 Å². The van der Waals surface area contributed by atoms with Gasteiger partial charge in [-0.1, -0.05) is 12.1 Å². The van der Waals surface area contributed by atoms with Crippen molar-refractivity contribution in [3.63, 3.8) is 0 Å². The number of H-pyrrole nitrogens is 1. The molecular formula is C11H13N3O2S. The lowest BCUT2D eigenvalue weighted by Gasteiger charge is -2.05. The molecule has 1 aromatic heterocycles. The Kier molecular flexibility index (Phi) is 3.14. The van der Waals surface area contributed by atoms with Gasteiger partial charge >= 0.3 is 0 Å². The van der Waals surface area contributed by atoms with E-state index in [0.717, 1.165) is 17.5 Å². The first kappa shape index (κ1) is 11.7. The predicted molar refractivity (Wildman–Crippen MR) is 66.3 cm³/mol. The molecule has 1 aromatic carbocycles. The molecule has 2 aromatic rings. The Morgan fingerprint density at radius 2 is 2.24 bits per heavy atom. The summed E-state index contributed by atoms with van der Waals surface area (Å²) in [5.41, 5.74) is 2.49. The minimum Gasteiger partial charge on any atom is -0.351 e. The molecule has 1 heterocycles. The number of hydrogen-bond acceptors (Lipinski definition) is 3. The zero-order valence-corrected chi connectivity index (χ0v) is 10.2. The summed E-state index contributed by atoms with van der Waals surface area (Å²) in [7, 11) is -3.23. The van der Waals surface area contributed by atoms with Crippen molar-refractivity contribution in [3.8, 4) is 0 Å². The molecule has 0 saturated heterocycles. The molecule has 0 saturated carbocycles. The first-order chi connectivity index (χ1) is 8.03. The largest absolute Gasteiger partial charge is 0.351 e. The number of aromatic nitrogens is 2. The normalized spacial score (nSPS) is 11.4. The predicted octanol–water partition coefficient (Wildman–Crippen LogP) is 1.37. The van der Waals surface area contributed by atoms with Crippen LogP contribution >= 0.6 is 0 Å². The van der Waals surface area contributed by atoms with Gasteiger partial charge in [0.2, 0.25) is 10.0 Å². The van der Waals surface area contributed by atoms with Gasteiger partial charge in [0.1, 0.15) is 0 Å². The van der Waals surface area contributed by atoms with Crippen molar-refractivity contribution in [2.24, 2.45) is 0 Å². The van der Waals surface area contributed by atoms with Crippen LogP contribution in [0.15, 0.2) is 36.8 Å². The molecule has 0 aliphatic heterocycles. The summed E-state index contributed by atoms with van der Waals surface area (Å²) in [6.45, 7) is 0. The molecule has 0 unspecified atom stereocenters. The van der Waals surface area contributed by atoms with E-state index in [-0.39, 0.29) is 0 Å². The van der Waals surface area contributed by atoms with Gasteiger partial charge in [0.25, 0.3) is 0 Å². The molecule has 90 valence electrons. The Morgan fingerprint density at radius 1 is 1.41 bits per heavy atom. The second kappa shape index (κ2) is 4.58. The van der Waals surface area contributed by atoms with Crippen LogP contribution in [-0.2, 0) is 16.4 Å². The molecule has 0 aliphatic carbocycles. The van der Waals surface area contributed by atoms with E-state index < -0.39 is 10.0 Å². The van der Waals surface area contributed by atoms with Gasteiger partial charge in [0.15, 0.2) is 0 Å². The molecule has 0 fully saturated rings. The summed E-state index contributed by atoms with van der Waals surface area (Å²) in [5.74, 6) is 0. The first-order valence-electron chi connectivity index (χ1n) is 5.07. The molecule has 6 heteroatoms. The van der Waals surface area contributed by atoms with Crippen LogP contribution in [0.4, 0.5) is 5.69 Å². The van der Waals surface area contributed by atoms with Gasteiger partial charge in [-0.05, 0) is 17.7 Å². The Bertz CT molecular complexity index is 591. The average molecular weight is 251 g/mol. The summed E-state index contributed by atoms with van der Waals surface area (Å²) in [5, 5.41) is 0. The standard InChI is InChI=1S/C11H13N3O2S/c1-17(15,16)14-10-4-2-3-9(5-10)6-11-7-12-8-13-11/h2-5,7-8,14H,6H2,1H3,(H,12,13). The molecule has 17 heavy (non-hydrogen) atoms. The quantitative estimate of drug-likeness (QED) is 0.861. The number of nitrogens with zero attached hydrogens (tertiary/aromatic N) is 1. The average Bonchev–Trinajstić information content (AvgIpc) is 2.68. The number of benzene rings is 1. The molecule has 0 amide bonds. The zero-order chi connectivity index (χ0) is 12.3. The minimum absolute atomic E-state index is 0.570. The molecule has 2 rings (SSSR count). The third kappa shape index (κ3) is 3.60. The lowest BCUT2D eigenvalue weighted by Crippen LogP contribution is -2.09. The summed E-state index contributed by atoms with van der Waals surface area (Å²) < 4.78 is 24.6. The van der Waals surface area contributed by atoms with Gasteiger partial charge in [-0.2, -0.15) is 0 Å². The minimum atomic E-state index is -3.23. The van der Waals surface area contributed by atoms with Crippen LogP contribution in [0.25, 0.3) is 0 Å². The number of anilines is 1. The highest BCUT2D eigenvalue weighted by atomic mass is 32.2. The van der Waals surface area contributed by atoms with E-state index in [1.807, 2.05) is 18.3 Å². The maximum absolute atomic E-state index is 11.1. The van der Waals surface area contributed by atoms with Crippen molar-refractivity contribution >= 4 is 15.7 Å². The van der Waals surface area contributed by atoms with Crippen LogP contribution in [0.1, 0.15) is 11.3 Å². The van der Waals surface area contributed by atoms with Crippen LogP contribution in [-0.4, -0.2) is 24.6 Å². The summed E-state index contributed by atoms with van der Waals surface area (Å²) in [6, 6.07) is 7.27. The zero-order valence-electron chi connectivity index (χ0n) is 9.34. The molecular weight excluding hydrogens is 238 g/mol. The molecule has 0 spiro atoms. The number of nitrogens with one attached hydrogen (secondary N) is 2. The lowest BCUT2D eigenvalue weighted by atomic mass is 10.1. The highest BCUT2D eigenvalue weighted by molar-refractivity contribution is 7.92. The van der Waals surface area contributed by atoms with Crippen molar-refractivity contribution in [1.29, 1.82) is 0 Å². The third-order valence-corrected chi connectivity index (χ3v) is 2.78. The number of rotatable bonds is 4. The van der Waals surface area contributed by atoms with Crippen molar-refractivity contribution in [2.45, 2.75) is 6.42 Å². The van der Waals surface area contributed by atoms with E-state index >= 15 is 0 Å². The van der Waals surface area contributed by atoms with E-state index in [9.17, 15) is 8.42 Å². The monoisotopic (exact) mass is 251 g/mol. The van der Waals surface area contributed by atoms with Gasteiger partial charge in [-0.25, -0.2) is 13.4 Å². The van der Waals surface area contributed by atoms with Gasteiger partial charge in [0, 0.05) is 18.3 Å². The Hall–Kier alpha value is -1.82. The number of sulfonamides is 1. The maximum atomic E-state index is 11.1. The van der Waals surface area contributed by atoms with Crippen LogP contribution in [0.3, 0.4) is 0 Å². The number of aromatic amines is 1. The van der Waals surface area contributed by atoms with E-state index in [1.54, 1.807) is 18.5 Å². The Morgan fingerprint density at radius 3 is 2.88 bits per heavy atom. The Labute approximate surface area is 100.0 Å². The van der Waals surface area contributed by atoms with Crippen molar-refractivity contribution in [1.82, 2.24) is 9.97 Å². The Balaban J connectivity index is 2.17. The summed E-state index contributed by atoms with van der Waals surface area (Å²) in [4.78, 5) is 7.00. The van der Waals surface area contributed by atoms with Gasteiger partial charge in [0.05, 0.1) is 18.3 Å². The maximum Gasteiger partial charge on any atom is 0.229 e. The molecule has 2 N–H and O–H groups in total. The second-order valence-electron chi connectivity index (χ2n) is 3.81. The first-order valence-corrected chi connectivity index (χ1v) is 6.96. The smallest absolute Gasteiger partial charge is 0.229 e. The SMILES string of the molecule is CS(=O)(=O)Nc1cccc(Cc2c[nH]cn2)c1. The summed E-state index contributed by atoms with van der Waals surface area (Å²) >= 11 is 0. The molecule has 5 nitrogen and oxygen atoms in total. The summed E-state index contributed by atoms with van der Waals surface area (Å²) in [6.07, 6.45) is 5.24. The highest BCUT2D eigenvalue weighted by Crippen LogP contribution is 2.14. The van der Waals surface area contributed by atoms with Crippen LogP contribution in [0.5, 0.6) is 0 Å². The fourth-order valence-electron chi connectivity index (χ4n) is 1.56. The lowest BCUT2D eigenvalue weighted by molar-refractivity contribution is 0.607. The van der Waals surface area contributed by atoms with E-state index in [2.05, 4.69) is 14.7 Å². The van der Waals surface area contributed by atoms with Crippen molar-refractivity contribution < 1.29 is 8.42 Å². The van der Waals surface area contributed by atoms with Gasteiger partial charge in [-0.3, -0.25) is 4.72 Å². The fourth-order valence-corrected chi connectivity index (χ4v) is 2.11. The number of imidazole rings is 1. The van der Waals surface area contributed by atoms with Gasteiger partial charge < -0.3 is 4.98 Å². The van der Waals surface area contributed by atoms with Crippen molar-refractivity contribution in [3.05, 3.63) is 48.0 Å². The highest BCUT2D eigenvalue weighted by Gasteiger charge is 2.03. The van der Waals surface area contributed by atoms with Crippen molar-refractivity contribution in [2.75, 3.05) is 11.0 Å². The molecule has 0 atom stereocenters. The molecule has 0 radical (unpaired) electrons. The van der Waals surface area contributed by atoms with E-state index in [4.69, 9.17) is 0 Å². The van der Waals surface area contributed by atoms with Crippen LogP contribution in [0, 0.1) is 0 Å².